The summed E-state index contributed by atoms with van der Waals surface area (Å²) in [4.78, 5) is 33.3. The van der Waals surface area contributed by atoms with Gasteiger partial charge in [-0.25, -0.2) is 19.9 Å². The molecular formula is C32H28F3N7O2. The third-order valence-corrected chi connectivity index (χ3v) is 7.60. The fourth-order valence-electron chi connectivity index (χ4n) is 5.41. The van der Waals surface area contributed by atoms with E-state index in [1.54, 1.807) is 36.8 Å². The van der Waals surface area contributed by atoms with Gasteiger partial charge >= 0.3 is 6.18 Å². The molecular weight excluding hydrogens is 571 g/mol. The summed E-state index contributed by atoms with van der Waals surface area (Å²) in [6.07, 6.45) is 2.73. The van der Waals surface area contributed by atoms with E-state index in [1.807, 2.05) is 13.0 Å². The van der Waals surface area contributed by atoms with Crippen molar-refractivity contribution in [1.29, 1.82) is 0 Å². The minimum absolute atomic E-state index is 0.0321. The number of benzene rings is 3. The van der Waals surface area contributed by atoms with Gasteiger partial charge in [0.25, 0.3) is 5.91 Å². The Labute approximate surface area is 250 Å². The SMILES string of the molecule is COc1c(-c2cc(C(=O)Nc3cccc(C(F)(F)F)c3)ccc2C)cc2cnc(N)nc2c1-c1cnc(N2CCCC2)nc1. The predicted octanol–water partition coefficient (Wildman–Crippen LogP) is 6.52. The van der Waals surface area contributed by atoms with E-state index in [-0.39, 0.29) is 17.2 Å². The van der Waals surface area contributed by atoms with Gasteiger partial charge in [-0.2, -0.15) is 13.2 Å². The lowest BCUT2D eigenvalue weighted by molar-refractivity contribution is -0.137. The van der Waals surface area contributed by atoms with Crippen LogP contribution in [0.5, 0.6) is 5.75 Å². The van der Waals surface area contributed by atoms with Crippen LogP contribution in [0.4, 0.5) is 30.8 Å². The molecule has 1 fully saturated rings. The topological polar surface area (TPSA) is 119 Å². The number of nitrogens with one attached hydrogen (secondary N) is 1. The maximum Gasteiger partial charge on any atom is 0.416 e. The zero-order valence-corrected chi connectivity index (χ0v) is 23.9. The molecule has 3 heterocycles. The summed E-state index contributed by atoms with van der Waals surface area (Å²) in [6, 6.07) is 11.4. The third-order valence-electron chi connectivity index (χ3n) is 7.60. The fraction of sp³-hybridized carbons (Fsp3) is 0.219. The number of fused-ring (bicyclic) bond motifs is 1. The first-order valence-corrected chi connectivity index (χ1v) is 13.9. The predicted molar refractivity (Wildman–Crippen MR) is 163 cm³/mol. The molecule has 1 amide bonds. The first-order chi connectivity index (χ1) is 21.1. The summed E-state index contributed by atoms with van der Waals surface area (Å²) in [5.41, 5.74) is 9.39. The lowest BCUT2D eigenvalue weighted by atomic mass is 9.92. The molecule has 12 heteroatoms. The van der Waals surface area contributed by atoms with E-state index in [2.05, 4.69) is 30.2 Å². The average molecular weight is 600 g/mol. The molecule has 224 valence electrons. The molecule has 0 atom stereocenters. The van der Waals surface area contributed by atoms with Crippen molar-refractivity contribution in [3.8, 4) is 28.0 Å². The summed E-state index contributed by atoms with van der Waals surface area (Å²) >= 11 is 0. The quantitative estimate of drug-likeness (QED) is 0.226. The second-order valence-corrected chi connectivity index (χ2v) is 10.5. The number of nitrogen functional groups attached to an aromatic ring is 1. The number of methoxy groups -OCH3 is 1. The third kappa shape index (κ3) is 5.58. The lowest BCUT2D eigenvalue weighted by Crippen LogP contribution is -2.20. The van der Waals surface area contributed by atoms with Crippen molar-refractivity contribution in [3.05, 3.63) is 83.8 Å². The van der Waals surface area contributed by atoms with Crippen LogP contribution in [0.25, 0.3) is 33.2 Å². The number of anilines is 3. The number of nitrogens with zero attached hydrogens (tertiary/aromatic N) is 5. The van der Waals surface area contributed by atoms with Gasteiger partial charge in [-0.15, -0.1) is 0 Å². The molecule has 0 spiro atoms. The molecule has 2 aromatic heterocycles. The molecule has 3 aromatic carbocycles. The molecule has 1 aliphatic rings. The van der Waals surface area contributed by atoms with Gasteiger partial charge in [0.2, 0.25) is 11.9 Å². The van der Waals surface area contributed by atoms with Gasteiger partial charge in [-0.3, -0.25) is 4.79 Å². The number of amides is 1. The van der Waals surface area contributed by atoms with Crippen LogP contribution in [0.1, 0.15) is 34.3 Å². The molecule has 44 heavy (non-hydrogen) atoms. The van der Waals surface area contributed by atoms with Crippen LogP contribution in [0.15, 0.2) is 67.1 Å². The van der Waals surface area contributed by atoms with Gasteiger partial charge in [-0.05, 0) is 67.3 Å². The van der Waals surface area contributed by atoms with E-state index in [9.17, 15) is 18.0 Å². The summed E-state index contributed by atoms with van der Waals surface area (Å²) < 4.78 is 45.6. The van der Waals surface area contributed by atoms with E-state index < -0.39 is 17.6 Å². The number of alkyl halides is 3. The van der Waals surface area contributed by atoms with Gasteiger partial charge < -0.3 is 20.7 Å². The molecule has 3 N–H and O–H groups in total. The van der Waals surface area contributed by atoms with E-state index in [4.69, 9.17) is 10.5 Å². The highest BCUT2D eigenvalue weighted by molar-refractivity contribution is 6.06. The molecule has 0 bridgehead atoms. The second kappa shape index (κ2) is 11.4. The van der Waals surface area contributed by atoms with Gasteiger partial charge in [0.05, 0.1) is 23.8 Å². The van der Waals surface area contributed by atoms with E-state index in [1.165, 1.54) is 19.2 Å². The van der Waals surface area contributed by atoms with Crippen LogP contribution in [-0.4, -0.2) is 46.0 Å². The van der Waals surface area contributed by atoms with E-state index >= 15 is 0 Å². The van der Waals surface area contributed by atoms with Crippen LogP contribution in [0, 0.1) is 6.92 Å². The minimum Gasteiger partial charge on any atom is -0.495 e. The Balaban J connectivity index is 1.44. The Morgan fingerprint density at radius 2 is 1.73 bits per heavy atom. The molecule has 5 aromatic rings. The van der Waals surface area contributed by atoms with Crippen molar-refractivity contribution >= 4 is 34.4 Å². The number of hydrogen-bond donors (Lipinski definition) is 2. The lowest BCUT2D eigenvalue weighted by Gasteiger charge is -2.19. The van der Waals surface area contributed by atoms with E-state index in [0.29, 0.717) is 44.9 Å². The van der Waals surface area contributed by atoms with Crippen LogP contribution in [0.3, 0.4) is 0 Å². The summed E-state index contributed by atoms with van der Waals surface area (Å²) in [5.74, 6) is 0.641. The molecule has 0 aliphatic carbocycles. The summed E-state index contributed by atoms with van der Waals surface area (Å²) in [5, 5.41) is 3.25. The molecule has 1 saturated heterocycles. The van der Waals surface area contributed by atoms with Crippen molar-refractivity contribution in [2.45, 2.75) is 25.9 Å². The van der Waals surface area contributed by atoms with Crippen molar-refractivity contribution in [3.63, 3.8) is 0 Å². The smallest absolute Gasteiger partial charge is 0.416 e. The molecule has 1 aliphatic heterocycles. The van der Waals surface area contributed by atoms with Crippen molar-refractivity contribution in [2.24, 2.45) is 0 Å². The highest BCUT2D eigenvalue weighted by Crippen LogP contribution is 2.44. The Kier molecular flexibility index (Phi) is 7.50. The number of carbonyl (C=O) groups is 1. The normalized spacial score (nSPS) is 13.3. The minimum atomic E-state index is -4.53. The monoisotopic (exact) mass is 599 g/mol. The Hall–Kier alpha value is -5.26. The van der Waals surface area contributed by atoms with Gasteiger partial charge in [-0.1, -0.05) is 12.1 Å². The molecule has 0 saturated carbocycles. The van der Waals surface area contributed by atoms with Gasteiger partial charge in [0, 0.05) is 59.4 Å². The fourth-order valence-corrected chi connectivity index (χ4v) is 5.41. The zero-order chi connectivity index (χ0) is 31.0. The Morgan fingerprint density at radius 1 is 0.977 bits per heavy atom. The second-order valence-electron chi connectivity index (χ2n) is 10.5. The molecule has 0 unspecified atom stereocenters. The van der Waals surface area contributed by atoms with Crippen molar-refractivity contribution in [2.75, 3.05) is 36.1 Å². The highest BCUT2D eigenvalue weighted by Gasteiger charge is 2.30. The Bertz CT molecular complexity index is 1870. The zero-order valence-electron chi connectivity index (χ0n) is 23.9. The number of halogens is 3. The maximum atomic E-state index is 13.2. The summed E-state index contributed by atoms with van der Waals surface area (Å²) in [6.45, 7) is 3.70. The van der Waals surface area contributed by atoms with Crippen molar-refractivity contribution in [1.82, 2.24) is 19.9 Å². The van der Waals surface area contributed by atoms with Crippen LogP contribution in [0.2, 0.25) is 0 Å². The number of aryl methyl sites for hydroxylation is 1. The molecule has 9 nitrogen and oxygen atoms in total. The Morgan fingerprint density at radius 3 is 2.43 bits per heavy atom. The number of rotatable bonds is 6. The number of ether oxygens (including phenoxy) is 1. The van der Waals surface area contributed by atoms with Crippen LogP contribution < -0.4 is 20.7 Å². The number of aromatic nitrogens is 4. The van der Waals surface area contributed by atoms with Crippen molar-refractivity contribution < 1.29 is 22.7 Å². The maximum absolute atomic E-state index is 13.2. The largest absolute Gasteiger partial charge is 0.495 e. The van der Waals surface area contributed by atoms with E-state index in [0.717, 1.165) is 43.6 Å². The number of hydrogen-bond acceptors (Lipinski definition) is 8. The van der Waals surface area contributed by atoms with Crippen LogP contribution in [-0.2, 0) is 6.18 Å². The molecule has 6 rings (SSSR count). The number of nitrogens with two attached hydrogens (primary N) is 1. The first-order valence-electron chi connectivity index (χ1n) is 13.9. The van der Waals surface area contributed by atoms with Crippen LogP contribution >= 0.6 is 0 Å². The highest BCUT2D eigenvalue weighted by atomic mass is 19.4. The van der Waals surface area contributed by atoms with Gasteiger partial charge in [0.1, 0.15) is 5.75 Å². The van der Waals surface area contributed by atoms with Gasteiger partial charge in [0.15, 0.2) is 0 Å². The first kappa shape index (κ1) is 28.8. The molecule has 0 radical (unpaired) electrons. The standard InChI is InChI=1S/C32H28F3N7O2/c1-18-8-9-19(29(43)40-23-7-5-6-22(14-23)32(33,34)35)12-24(18)25-13-20-15-37-30(36)41-27(20)26(28(25)44-2)21-16-38-31(39-17-21)42-10-3-4-11-42/h5-9,12-17H,3-4,10-11H2,1-2H3,(H,40,43)(H2,36,37,41). The average Bonchev–Trinajstić information content (AvgIpc) is 3.55. The summed E-state index contributed by atoms with van der Waals surface area (Å²) in [7, 11) is 1.54. The number of carbonyl (C=O) groups excluding carboxylic acids is 1.